The molecule has 2 unspecified atom stereocenters. The van der Waals surface area contributed by atoms with Crippen molar-refractivity contribution in [2.45, 2.75) is 18.9 Å². The molecule has 0 N–H and O–H groups in total. The Bertz CT molecular complexity index is 194. The van der Waals surface area contributed by atoms with Crippen molar-refractivity contribution in [1.29, 1.82) is 0 Å². The molecule has 1 saturated heterocycles. The van der Waals surface area contributed by atoms with E-state index in [1.165, 1.54) is 6.66 Å². The molecule has 0 spiro atoms. The van der Waals surface area contributed by atoms with Crippen LogP contribution in [-0.4, -0.2) is 24.7 Å². The normalized spacial score (nSPS) is 38.5. The maximum atomic E-state index is 11.2. The molecule has 1 heterocycles. The fraction of sp³-hybridized carbons (Fsp3) is 0.833. The third-order valence-corrected chi connectivity index (χ3v) is 2.99. The zero-order chi connectivity index (χ0) is 8.32. The first-order valence-electron chi connectivity index (χ1n) is 3.48. The Labute approximate surface area is 71.6 Å². The smallest absolute Gasteiger partial charge is 0.309 e. The molecule has 0 amide bonds. The van der Waals surface area contributed by atoms with E-state index in [2.05, 4.69) is 12.2 Å². The Morgan fingerprint density at radius 3 is 3.09 bits per heavy atom. The van der Waals surface area contributed by atoms with Crippen molar-refractivity contribution >= 4 is 25.2 Å². The zero-order valence-electron chi connectivity index (χ0n) is 6.36. The lowest BCUT2D eigenvalue weighted by Gasteiger charge is -2.26. The summed E-state index contributed by atoms with van der Waals surface area (Å²) in [5, 5.41) is 1.61. The van der Waals surface area contributed by atoms with Crippen molar-refractivity contribution < 1.29 is 13.6 Å². The highest BCUT2D eigenvalue weighted by atomic mass is 32.1. The minimum absolute atomic E-state index is 0.00270. The predicted octanol–water partition coefficient (Wildman–Crippen LogP) is 2.00. The molecule has 1 aliphatic rings. The fourth-order valence-corrected chi connectivity index (χ4v) is 2.42. The van der Waals surface area contributed by atoms with Gasteiger partial charge in [0.2, 0.25) is 0 Å². The van der Waals surface area contributed by atoms with Gasteiger partial charge in [0.1, 0.15) is 0 Å². The number of rotatable bonds is 2. The topological polar surface area (TPSA) is 35.5 Å². The summed E-state index contributed by atoms with van der Waals surface area (Å²) in [6.07, 6.45) is 1.46. The summed E-state index contributed by atoms with van der Waals surface area (Å²) in [6, 6.07) is 0. The van der Waals surface area contributed by atoms with Gasteiger partial charge in [0.15, 0.2) is 0 Å². The van der Waals surface area contributed by atoms with Gasteiger partial charge in [-0.15, -0.1) is 0 Å². The zero-order valence-corrected chi connectivity index (χ0v) is 8.07. The van der Waals surface area contributed by atoms with Gasteiger partial charge in [0.05, 0.1) is 12.7 Å². The van der Waals surface area contributed by atoms with Crippen molar-refractivity contribution in [1.82, 2.24) is 0 Å². The summed E-state index contributed by atoms with van der Waals surface area (Å²) >= 11 is 4.67. The van der Waals surface area contributed by atoms with E-state index in [0.29, 0.717) is 13.0 Å². The molecule has 5 heteroatoms. The second kappa shape index (κ2) is 3.76. The van der Waals surface area contributed by atoms with Crippen molar-refractivity contribution in [3.8, 4) is 0 Å². The van der Waals surface area contributed by atoms with Crippen LogP contribution in [0, 0.1) is 0 Å². The summed E-state index contributed by atoms with van der Waals surface area (Å²) in [5.41, 5.74) is 0. The molecule has 0 aromatic rings. The van der Waals surface area contributed by atoms with Gasteiger partial charge < -0.3 is 9.05 Å². The van der Waals surface area contributed by atoms with Gasteiger partial charge in [0.25, 0.3) is 0 Å². The number of hydrogen-bond donors (Lipinski definition) is 0. The van der Waals surface area contributed by atoms with E-state index in [1.807, 2.05) is 0 Å². The summed E-state index contributed by atoms with van der Waals surface area (Å²) in [7, 11) is -2.74. The third-order valence-electron chi connectivity index (χ3n) is 1.47. The SMILES string of the molecule is CP1(=O)OCCC(CC=S)O1. The van der Waals surface area contributed by atoms with Crippen LogP contribution in [0.4, 0.5) is 0 Å². The second-order valence-corrected chi connectivity index (χ2v) is 4.87. The van der Waals surface area contributed by atoms with Crippen LogP contribution in [0.2, 0.25) is 0 Å². The Hall–Kier alpha value is 0.240. The largest absolute Gasteiger partial charge is 0.327 e. The van der Waals surface area contributed by atoms with E-state index >= 15 is 0 Å². The monoisotopic (exact) mass is 194 g/mol. The summed E-state index contributed by atoms with van der Waals surface area (Å²) in [5.74, 6) is 0. The molecule has 0 aromatic carbocycles. The van der Waals surface area contributed by atoms with Gasteiger partial charge in [-0.3, -0.25) is 4.57 Å². The summed E-state index contributed by atoms with van der Waals surface area (Å²) in [6.45, 7) is 2.00. The maximum Gasteiger partial charge on any atom is 0.327 e. The van der Waals surface area contributed by atoms with E-state index in [0.717, 1.165) is 6.42 Å². The maximum absolute atomic E-state index is 11.2. The first-order valence-corrected chi connectivity index (χ1v) is 5.94. The molecule has 64 valence electrons. The van der Waals surface area contributed by atoms with Crippen LogP contribution in [-0.2, 0) is 13.6 Å². The van der Waals surface area contributed by atoms with Gasteiger partial charge in [-0.1, -0.05) is 12.2 Å². The molecule has 3 nitrogen and oxygen atoms in total. The molecule has 2 atom stereocenters. The molecule has 0 aromatic heterocycles. The van der Waals surface area contributed by atoms with Gasteiger partial charge >= 0.3 is 7.60 Å². The molecule has 0 radical (unpaired) electrons. The van der Waals surface area contributed by atoms with Gasteiger partial charge in [-0.2, -0.15) is 0 Å². The molecule has 1 aliphatic heterocycles. The van der Waals surface area contributed by atoms with Crippen LogP contribution in [0.1, 0.15) is 12.8 Å². The molecule has 0 aliphatic carbocycles. The first-order chi connectivity index (χ1) is 5.14. The van der Waals surface area contributed by atoms with E-state index in [9.17, 15) is 4.57 Å². The van der Waals surface area contributed by atoms with Crippen LogP contribution in [0.25, 0.3) is 0 Å². The fourth-order valence-electron chi connectivity index (χ4n) is 0.972. The standard InChI is InChI=1S/C6H11O3PS/c1-10(7)8-4-2-6(9-10)3-5-11/h5-6H,2-4H2,1H3. The average Bonchev–Trinajstić information content (AvgIpc) is 1.85. The highest BCUT2D eigenvalue weighted by Gasteiger charge is 2.27. The van der Waals surface area contributed by atoms with Gasteiger partial charge in [0, 0.05) is 13.1 Å². The second-order valence-electron chi connectivity index (χ2n) is 2.52. The van der Waals surface area contributed by atoms with E-state index in [1.54, 1.807) is 5.37 Å². The van der Waals surface area contributed by atoms with Crippen LogP contribution in [0.5, 0.6) is 0 Å². The van der Waals surface area contributed by atoms with Crippen LogP contribution >= 0.6 is 19.8 Å². The lowest BCUT2D eigenvalue weighted by molar-refractivity contribution is 0.0897. The third kappa shape index (κ3) is 2.99. The highest BCUT2D eigenvalue weighted by molar-refractivity contribution is 7.78. The molecular weight excluding hydrogens is 183 g/mol. The average molecular weight is 194 g/mol. The molecule has 1 rings (SSSR count). The molecule has 0 saturated carbocycles. The summed E-state index contributed by atoms with van der Waals surface area (Å²) < 4.78 is 21.3. The number of hydrogen-bond acceptors (Lipinski definition) is 4. The molecule has 1 fully saturated rings. The van der Waals surface area contributed by atoms with E-state index < -0.39 is 7.60 Å². The highest BCUT2D eigenvalue weighted by Crippen LogP contribution is 2.48. The Kier molecular flexibility index (Phi) is 3.19. The lowest BCUT2D eigenvalue weighted by Crippen LogP contribution is -2.20. The molecule has 0 bridgehead atoms. The quantitative estimate of drug-likeness (QED) is 0.497. The molecule has 11 heavy (non-hydrogen) atoms. The number of thiocarbonyl (C=S) groups is 1. The van der Waals surface area contributed by atoms with Crippen molar-refractivity contribution in [2.75, 3.05) is 13.3 Å². The van der Waals surface area contributed by atoms with E-state index in [4.69, 9.17) is 9.05 Å². The minimum Gasteiger partial charge on any atom is -0.309 e. The van der Waals surface area contributed by atoms with E-state index in [-0.39, 0.29) is 6.10 Å². The Balaban J connectivity index is 2.46. The Morgan fingerprint density at radius 1 is 1.82 bits per heavy atom. The first kappa shape index (κ1) is 9.33. The van der Waals surface area contributed by atoms with Crippen molar-refractivity contribution in [2.24, 2.45) is 0 Å². The van der Waals surface area contributed by atoms with Crippen molar-refractivity contribution in [3.05, 3.63) is 0 Å². The minimum atomic E-state index is -2.74. The Morgan fingerprint density at radius 2 is 2.55 bits per heavy atom. The predicted molar refractivity (Wildman–Crippen MR) is 47.2 cm³/mol. The summed E-state index contributed by atoms with van der Waals surface area (Å²) in [4.78, 5) is 0. The van der Waals surface area contributed by atoms with Gasteiger partial charge in [-0.05, 0) is 11.8 Å². The van der Waals surface area contributed by atoms with Gasteiger partial charge in [-0.25, -0.2) is 0 Å². The molecular formula is C6H11O3PS. The van der Waals surface area contributed by atoms with Crippen LogP contribution < -0.4 is 0 Å². The lowest BCUT2D eigenvalue weighted by atomic mass is 10.2. The van der Waals surface area contributed by atoms with Crippen LogP contribution in [0.15, 0.2) is 0 Å². The van der Waals surface area contributed by atoms with Crippen molar-refractivity contribution in [3.63, 3.8) is 0 Å². The van der Waals surface area contributed by atoms with Crippen LogP contribution in [0.3, 0.4) is 0 Å².